The average molecular weight is 283 g/mol. The highest BCUT2D eigenvalue weighted by Gasteiger charge is 2.28. The quantitative estimate of drug-likeness (QED) is 0.922. The molecule has 1 unspecified atom stereocenters. The van der Waals surface area contributed by atoms with Crippen molar-refractivity contribution < 1.29 is 23.5 Å². The Morgan fingerprint density at radius 3 is 2.80 bits per heavy atom. The van der Waals surface area contributed by atoms with Gasteiger partial charge in [0.05, 0.1) is 5.56 Å². The summed E-state index contributed by atoms with van der Waals surface area (Å²) in [6, 6.07) is 2.79. The van der Waals surface area contributed by atoms with Gasteiger partial charge in [0.15, 0.2) is 0 Å². The lowest BCUT2D eigenvalue weighted by molar-refractivity contribution is -0.137. The second-order valence-corrected chi connectivity index (χ2v) is 4.96. The molecule has 1 aliphatic rings. The van der Waals surface area contributed by atoms with Gasteiger partial charge in [0.1, 0.15) is 11.6 Å². The number of likely N-dealkylation sites (tertiary alicyclic amines) is 1. The molecular weight excluding hydrogens is 268 g/mol. The first-order chi connectivity index (χ1) is 9.47. The van der Waals surface area contributed by atoms with Crippen molar-refractivity contribution in [3.8, 4) is 0 Å². The number of amides is 1. The second kappa shape index (κ2) is 5.98. The minimum absolute atomic E-state index is 0.0566. The van der Waals surface area contributed by atoms with Crippen molar-refractivity contribution in [3.63, 3.8) is 0 Å². The van der Waals surface area contributed by atoms with Crippen LogP contribution in [0.15, 0.2) is 18.2 Å². The number of rotatable bonds is 4. The molecule has 4 nitrogen and oxygen atoms in total. The van der Waals surface area contributed by atoms with Crippen LogP contribution in [-0.2, 0) is 4.79 Å². The van der Waals surface area contributed by atoms with Crippen molar-refractivity contribution in [1.82, 2.24) is 4.90 Å². The van der Waals surface area contributed by atoms with Gasteiger partial charge in [0.2, 0.25) is 0 Å². The fourth-order valence-electron chi connectivity index (χ4n) is 2.41. The molecule has 2 rings (SSSR count). The van der Waals surface area contributed by atoms with E-state index in [1.807, 2.05) is 0 Å². The SMILES string of the molecule is O=C(O)CCC1CCN(C(=O)c2cc(F)ccc2F)C1. The number of hydrogen-bond acceptors (Lipinski definition) is 2. The highest BCUT2D eigenvalue weighted by atomic mass is 19.1. The molecule has 20 heavy (non-hydrogen) atoms. The number of carbonyl (C=O) groups is 2. The smallest absolute Gasteiger partial charge is 0.303 e. The summed E-state index contributed by atoms with van der Waals surface area (Å²) < 4.78 is 26.6. The predicted molar refractivity (Wildman–Crippen MR) is 67.2 cm³/mol. The zero-order chi connectivity index (χ0) is 14.7. The maximum Gasteiger partial charge on any atom is 0.303 e. The van der Waals surface area contributed by atoms with Gasteiger partial charge < -0.3 is 10.0 Å². The van der Waals surface area contributed by atoms with Gasteiger partial charge in [-0.2, -0.15) is 0 Å². The van der Waals surface area contributed by atoms with Gasteiger partial charge in [0.25, 0.3) is 5.91 Å². The fraction of sp³-hybridized carbons (Fsp3) is 0.429. The first kappa shape index (κ1) is 14.4. The lowest BCUT2D eigenvalue weighted by Crippen LogP contribution is -2.29. The summed E-state index contributed by atoms with van der Waals surface area (Å²) in [6.45, 7) is 0.834. The van der Waals surface area contributed by atoms with Gasteiger partial charge in [-0.1, -0.05) is 0 Å². The van der Waals surface area contributed by atoms with Crippen LogP contribution in [0.25, 0.3) is 0 Å². The predicted octanol–water partition coefficient (Wildman–Crippen LogP) is 2.29. The Morgan fingerprint density at radius 1 is 1.35 bits per heavy atom. The van der Waals surface area contributed by atoms with E-state index >= 15 is 0 Å². The molecule has 1 aromatic carbocycles. The Balaban J connectivity index is 2.00. The van der Waals surface area contributed by atoms with Crippen molar-refractivity contribution in [1.29, 1.82) is 0 Å². The number of carboxylic acid groups (broad SMARTS) is 1. The standard InChI is InChI=1S/C14H15F2NO3/c15-10-2-3-12(16)11(7-10)14(20)17-6-5-9(8-17)1-4-13(18)19/h2-3,7,9H,1,4-6,8H2,(H,18,19). The number of aliphatic carboxylic acids is 1. The molecular formula is C14H15F2NO3. The van der Waals surface area contributed by atoms with Gasteiger partial charge in [-0.15, -0.1) is 0 Å². The van der Waals surface area contributed by atoms with Gasteiger partial charge in [-0.25, -0.2) is 8.78 Å². The molecule has 0 saturated carbocycles. The normalized spacial score (nSPS) is 18.3. The van der Waals surface area contributed by atoms with Crippen molar-refractivity contribution in [2.75, 3.05) is 13.1 Å². The molecule has 1 saturated heterocycles. The first-order valence-corrected chi connectivity index (χ1v) is 6.43. The lowest BCUT2D eigenvalue weighted by atomic mass is 10.0. The maximum absolute atomic E-state index is 13.5. The highest BCUT2D eigenvalue weighted by Crippen LogP contribution is 2.23. The summed E-state index contributed by atoms with van der Waals surface area (Å²) in [6.07, 6.45) is 1.24. The molecule has 0 aromatic heterocycles. The molecule has 1 amide bonds. The minimum atomic E-state index is -0.869. The van der Waals surface area contributed by atoms with E-state index in [-0.39, 0.29) is 17.9 Å². The number of carbonyl (C=O) groups excluding carboxylic acids is 1. The van der Waals surface area contributed by atoms with E-state index in [9.17, 15) is 18.4 Å². The van der Waals surface area contributed by atoms with E-state index in [0.717, 1.165) is 18.2 Å². The molecule has 0 aliphatic carbocycles. The third-order valence-corrected chi connectivity index (χ3v) is 3.50. The summed E-state index contributed by atoms with van der Waals surface area (Å²) in [5.74, 6) is -2.71. The Morgan fingerprint density at radius 2 is 2.10 bits per heavy atom. The van der Waals surface area contributed by atoms with Crippen LogP contribution >= 0.6 is 0 Å². The third kappa shape index (κ3) is 3.31. The second-order valence-electron chi connectivity index (χ2n) is 4.96. The van der Waals surface area contributed by atoms with E-state index < -0.39 is 23.5 Å². The number of halogens is 2. The van der Waals surface area contributed by atoms with Gasteiger partial charge >= 0.3 is 5.97 Å². The fourth-order valence-corrected chi connectivity index (χ4v) is 2.41. The number of carboxylic acids is 1. The molecule has 0 radical (unpaired) electrons. The molecule has 1 N–H and O–H groups in total. The van der Waals surface area contributed by atoms with Crippen LogP contribution in [0, 0.1) is 17.6 Å². The van der Waals surface area contributed by atoms with E-state index in [1.165, 1.54) is 4.90 Å². The van der Waals surface area contributed by atoms with Gasteiger partial charge in [0, 0.05) is 19.5 Å². The number of nitrogens with zero attached hydrogens (tertiary/aromatic N) is 1. The highest BCUT2D eigenvalue weighted by molar-refractivity contribution is 5.94. The Labute approximate surface area is 115 Å². The van der Waals surface area contributed by atoms with Crippen LogP contribution in [0.2, 0.25) is 0 Å². The lowest BCUT2D eigenvalue weighted by Gasteiger charge is -2.17. The zero-order valence-corrected chi connectivity index (χ0v) is 10.8. The Kier molecular flexibility index (Phi) is 4.32. The van der Waals surface area contributed by atoms with Crippen molar-refractivity contribution in [2.45, 2.75) is 19.3 Å². The summed E-state index contributed by atoms with van der Waals surface area (Å²) >= 11 is 0. The average Bonchev–Trinajstić information content (AvgIpc) is 2.87. The van der Waals surface area contributed by atoms with Crippen LogP contribution in [0.3, 0.4) is 0 Å². The van der Waals surface area contributed by atoms with Crippen molar-refractivity contribution >= 4 is 11.9 Å². The molecule has 6 heteroatoms. The minimum Gasteiger partial charge on any atom is -0.481 e. The Hall–Kier alpha value is -1.98. The van der Waals surface area contributed by atoms with Crippen molar-refractivity contribution in [3.05, 3.63) is 35.4 Å². The van der Waals surface area contributed by atoms with Gasteiger partial charge in [-0.05, 0) is 37.0 Å². The summed E-state index contributed by atoms with van der Waals surface area (Å²) in [7, 11) is 0. The van der Waals surface area contributed by atoms with E-state index in [0.29, 0.717) is 25.9 Å². The van der Waals surface area contributed by atoms with Crippen LogP contribution < -0.4 is 0 Å². The largest absolute Gasteiger partial charge is 0.481 e. The van der Waals surface area contributed by atoms with Gasteiger partial charge in [-0.3, -0.25) is 9.59 Å². The monoisotopic (exact) mass is 283 g/mol. The number of hydrogen-bond donors (Lipinski definition) is 1. The summed E-state index contributed by atoms with van der Waals surface area (Å²) in [5, 5.41) is 8.62. The maximum atomic E-state index is 13.5. The molecule has 1 atom stereocenters. The molecule has 0 bridgehead atoms. The van der Waals surface area contributed by atoms with Crippen LogP contribution in [0.5, 0.6) is 0 Å². The summed E-state index contributed by atoms with van der Waals surface area (Å²) in [4.78, 5) is 24.1. The third-order valence-electron chi connectivity index (χ3n) is 3.50. The Bertz CT molecular complexity index is 533. The van der Waals surface area contributed by atoms with E-state index in [4.69, 9.17) is 5.11 Å². The van der Waals surface area contributed by atoms with Crippen LogP contribution in [-0.4, -0.2) is 35.0 Å². The van der Waals surface area contributed by atoms with Crippen molar-refractivity contribution in [2.24, 2.45) is 5.92 Å². The number of benzene rings is 1. The van der Waals surface area contributed by atoms with E-state index in [1.54, 1.807) is 0 Å². The molecule has 1 aliphatic heterocycles. The van der Waals surface area contributed by atoms with Crippen LogP contribution in [0.4, 0.5) is 8.78 Å². The molecule has 0 spiro atoms. The molecule has 108 valence electrons. The molecule has 1 aromatic rings. The van der Waals surface area contributed by atoms with Crippen LogP contribution in [0.1, 0.15) is 29.6 Å². The topological polar surface area (TPSA) is 57.6 Å². The molecule has 1 fully saturated rings. The summed E-state index contributed by atoms with van der Waals surface area (Å²) in [5.41, 5.74) is -0.274. The van der Waals surface area contributed by atoms with E-state index in [2.05, 4.69) is 0 Å². The zero-order valence-electron chi connectivity index (χ0n) is 10.8. The molecule has 1 heterocycles. The first-order valence-electron chi connectivity index (χ1n) is 6.43.